The van der Waals surface area contributed by atoms with Crippen LogP contribution in [0.4, 0.5) is 26.5 Å². The Morgan fingerprint density at radius 3 is 2.57 bits per heavy atom. The third-order valence-electron chi connectivity index (χ3n) is 5.93. The Morgan fingerprint density at radius 1 is 1.06 bits per heavy atom. The molecule has 2 amide bonds. The maximum Gasteiger partial charge on any atom is 0.316 e. The maximum absolute atomic E-state index is 14.8. The Bertz CT molecular complexity index is 1430. The van der Waals surface area contributed by atoms with Crippen molar-refractivity contribution in [3.05, 3.63) is 72.3 Å². The second kappa shape index (κ2) is 9.22. The van der Waals surface area contributed by atoms with Crippen LogP contribution in [0.25, 0.3) is 16.7 Å². The third kappa shape index (κ3) is 4.47. The van der Waals surface area contributed by atoms with Gasteiger partial charge in [-0.15, -0.1) is 0 Å². The molecule has 0 atom stereocenters. The van der Waals surface area contributed by atoms with Crippen LogP contribution < -0.4 is 16.0 Å². The molecule has 0 aliphatic carbocycles. The summed E-state index contributed by atoms with van der Waals surface area (Å²) in [6, 6.07) is 14.7. The van der Waals surface area contributed by atoms with E-state index in [4.69, 9.17) is 17.3 Å². The van der Waals surface area contributed by atoms with Crippen LogP contribution in [-0.2, 0) is 0 Å². The van der Waals surface area contributed by atoms with Crippen molar-refractivity contribution in [3.8, 4) is 5.82 Å². The zero-order valence-electron chi connectivity index (χ0n) is 18.5. The first kappa shape index (κ1) is 22.6. The number of nitrogens with two attached hydrogens (primary N) is 1. The highest BCUT2D eigenvalue weighted by Gasteiger charge is 2.21. The summed E-state index contributed by atoms with van der Waals surface area (Å²) in [5, 5.41) is 3.28. The van der Waals surface area contributed by atoms with Gasteiger partial charge in [0, 0.05) is 49.1 Å². The van der Waals surface area contributed by atoms with E-state index in [-0.39, 0.29) is 17.3 Å². The van der Waals surface area contributed by atoms with Crippen LogP contribution in [0, 0.1) is 5.82 Å². The van der Waals surface area contributed by atoms with Crippen LogP contribution in [0.3, 0.4) is 0 Å². The summed E-state index contributed by atoms with van der Waals surface area (Å²) in [5.41, 5.74) is 8.07. The van der Waals surface area contributed by atoms with Crippen molar-refractivity contribution in [3.63, 3.8) is 0 Å². The summed E-state index contributed by atoms with van der Waals surface area (Å²) in [6.07, 6.45) is 2.56. The van der Waals surface area contributed by atoms with Gasteiger partial charge >= 0.3 is 5.37 Å². The lowest BCUT2D eigenvalue weighted by molar-refractivity contribution is 0.100. The molecule has 0 unspecified atom stereocenters. The van der Waals surface area contributed by atoms with E-state index in [9.17, 15) is 14.0 Å². The number of aromatic nitrogens is 3. The number of hydrogen-bond donors (Lipinski definition) is 2. The normalized spacial score (nSPS) is 13.8. The van der Waals surface area contributed by atoms with Gasteiger partial charge in [0.2, 0.25) is 5.95 Å². The smallest absolute Gasteiger partial charge is 0.316 e. The predicted octanol–water partition coefficient (Wildman–Crippen LogP) is 3.88. The second-order valence-electron chi connectivity index (χ2n) is 8.06. The number of anilines is 3. The van der Waals surface area contributed by atoms with Gasteiger partial charge in [0.05, 0.1) is 17.3 Å². The van der Waals surface area contributed by atoms with E-state index in [0.717, 1.165) is 11.9 Å². The molecule has 4 aromatic rings. The van der Waals surface area contributed by atoms with Crippen LogP contribution >= 0.6 is 11.6 Å². The molecular weight excluding hydrogens is 473 g/mol. The number of piperazine rings is 1. The monoisotopic (exact) mass is 493 g/mol. The number of halogens is 2. The summed E-state index contributed by atoms with van der Waals surface area (Å²) in [5.74, 6) is -1.08. The molecule has 1 saturated heterocycles. The van der Waals surface area contributed by atoms with Crippen LogP contribution in [0.15, 0.2) is 60.9 Å². The molecule has 0 saturated carbocycles. The van der Waals surface area contributed by atoms with Gasteiger partial charge in [-0.1, -0.05) is 24.3 Å². The van der Waals surface area contributed by atoms with Crippen LogP contribution in [0.1, 0.15) is 10.4 Å². The van der Waals surface area contributed by atoms with E-state index in [0.29, 0.717) is 42.8 Å². The van der Waals surface area contributed by atoms with Crippen LogP contribution in [0.2, 0.25) is 0 Å². The maximum atomic E-state index is 14.8. The fraction of sp³-hybridized carbons (Fsp3) is 0.167. The van der Waals surface area contributed by atoms with Crippen LogP contribution in [0.5, 0.6) is 0 Å². The molecular formula is C24H21ClFN7O2. The Kier molecular flexibility index (Phi) is 5.96. The number of benzene rings is 2. The Hall–Kier alpha value is -4.18. The molecule has 35 heavy (non-hydrogen) atoms. The van der Waals surface area contributed by atoms with Gasteiger partial charge < -0.3 is 20.9 Å². The highest BCUT2D eigenvalue weighted by molar-refractivity contribution is 6.62. The number of fused-ring (bicyclic) bond motifs is 1. The third-order valence-corrected chi connectivity index (χ3v) is 6.17. The fourth-order valence-corrected chi connectivity index (χ4v) is 4.36. The highest BCUT2D eigenvalue weighted by atomic mass is 35.5. The minimum absolute atomic E-state index is 0.00998. The summed E-state index contributed by atoms with van der Waals surface area (Å²) in [6.45, 7) is 2.40. The van der Waals surface area contributed by atoms with Gasteiger partial charge in [-0.3, -0.25) is 14.2 Å². The molecule has 178 valence electrons. The first-order valence-electron chi connectivity index (χ1n) is 10.9. The van der Waals surface area contributed by atoms with E-state index in [2.05, 4.69) is 20.2 Å². The highest BCUT2D eigenvalue weighted by Crippen LogP contribution is 2.27. The summed E-state index contributed by atoms with van der Waals surface area (Å²) < 4.78 is 16.3. The second-order valence-corrected chi connectivity index (χ2v) is 8.39. The van der Waals surface area contributed by atoms with Gasteiger partial charge in [-0.2, -0.15) is 4.98 Å². The zero-order valence-corrected chi connectivity index (χ0v) is 19.2. The van der Waals surface area contributed by atoms with Gasteiger partial charge in [0.25, 0.3) is 5.91 Å². The van der Waals surface area contributed by atoms with Gasteiger partial charge in [-0.25, -0.2) is 9.37 Å². The Labute approximate surface area is 204 Å². The van der Waals surface area contributed by atoms with E-state index in [1.54, 1.807) is 29.2 Å². The molecule has 0 bridgehead atoms. The molecule has 11 heteroatoms. The topological polar surface area (TPSA) is 109 Å². The number of rotatable bonds is 5. The van der Waals surface area contributed by atoms with Crippen molar-refractivity contribution in [2.45, 2.75) is 0 Å². The zero-order chi connectivity index (χ0) is 24.5. The van der Waals surface area contributed by atoms with Crippen molar-refractivity contribution in [1.82, 2.24) is 19.4 Å². The number of hydrogen-bond acceptors (Lipinski definition) is 6. The van der Waals surface area contributed by atoms with Crippen molar-refractivity contribution < 1.29 is 14.0 Å². The van der Waals surface area contributed by atoms with Crippen molar-refractivity contribution in [1.29, 1.82) is 0 Å². The molecule has 1 aliphatic heterocycles. The number of primary amides is 1. The minimum Gasteiger partial charge on any atom is -0.368 e. The molecule has 2 aromatic heterocycles. The average Bonchev–Trinajstić information content (AvgIpc) is 3.25. The molecule has 1 fully saturated rings. The number of amides is 2. The largest absolute Gasteiger partial charge is 0.368 e. The van der Waals surface area contributed by atoms with E-state index < -0.39 is 17.1 Å². The number of para-hydroxylation sites is 1. The lowest BCUT2D eigenvalue weighted by Gasteiger charge is -2.35. The van der Waals surface area contributed by atoms with Crippen molar-refractivity contribution >= 4 is 51.1 Å². The number of carbonyl (C=O) groups excluding carboxylic acids is 2. The van der Waals surface area contributed by atoms with Crippen molar-refractivity contribution in [2.75, 3.05) is 36.4 Å². The van der Waals surface area contributed by atoms with E-state index >= 15 is 0 Å². The number of carbonyl (C=O) groups is 2. The Morgan fingerprint density at radius 2 is 1.83 bits per heavy atom. The Balaban J connectivity index is 1.42. The van der Waals surface area contributed by atoms with Crippen LogP contribution in [-0.4, -0.2) is 56.9 Å². The lowest BCUT2D eigenvalue weighted by atomic mass is 10.2. The van der Waals surface area contributed by atoms with Crippen molar-refractivity contribution in [2.24, 2.45) is 5.73 Å². The minimum atomic E-state index is -0.646. The molecule has 3 N–H and O–H groups in total. The SMILES string of the molecule is NC(=O)c1cn(-c2nc(Nc3cccc(N4CCN(C(=O)Cl)CC4)c3)ncc2F)c2ccccc12. The molecule has 9 nitrogen and oxygen atoms in total. The number of nitrogens with zero attached hydrogens (tertiary/aromatic N) is 5. The van der Waals surface area contributed by atoms with E-state index in [1.807, 2.05) is 24.3 Å². The lowest BCUT2D eigenvalue weighted by Crippen LogP contribution is -2.47. The quantitative estimate of drug-likeness (QED) is 0.322. The van der Waals surface area contributed by atoms with Gasteiger partial charge in [-0.05, 0) is 35.9 Å². The molecule has 1 aliphatic rings. The molecule has 3 heterocycles. The first-order valence-corrected chi connectivity index (χ1v) is 11.3. The first-order chi connectivity index (χ1) is 16.9. The molecule has 0 radical (unpaired) electrons. The molecule has 5 rings (SSSR count). The summed E-state index contributed by atoms with van der Waals surface area (Å²) in [4.78, 5) is 35.5. The van der Waals surface area contributed by atoms with Gasteiger partial charge in [0.1, 0.15) is 0 Å². The standard InChI is InChI=1S/C24H21ClFN7O2/c25-23(35)32-10-8-31(9-11-32)16-5-3-4-15(12-16)29-24-28-13-19(26)22(30-24)33-14-18(21(27)34)17-6-1-2-7-20(17)33/h1-7,12-14H,8-11H2,(H2,27,34)(H,28,29,30). The summed E-state index contributed by atoms with van der Waals surface area (Å²) >= 11 is 5.58. The fourth-order valence-electron chi connectivity index (χ4n) is 4.19. The average molecular weight is 494 g/mol. The molecule has 0 spiro atoms. The van der Waals surface area contributed by atoms with Gasteiger partial charge in [0.15, 0.2) is 11.6 Å². The summed E-state index contributed by atoms with van der Waals surface area (Å²) in [7, 11) is 0. The predicted molar refractivity (Wildman–Crippen MR) is 132 cm³/mol. The molecule has 2 aromatic carbocycles. The van der Waals surface area contributed by atoms with E-state index in [1.165, 1.54) is 10.8 Å². The number of nitrogens with one attached hydrogen (secondary N) is 1.